The fourth-order valence-corrected chi connectivity index (χ4v) is 1.46. The lowest BCUT2D eigenvalue weighted by Gasteiger charge is -2.10. The summed E-state index contributed by atoms with van der Waals surface area (Å²) in [5.41, 5.74) is -1.63. The van der Waals surface area contributed by atoms with Gasteiger partial charge in [0.05, 0.1) is 10.0 Å². The van der Waals surface area contributed by atoms with Crippen LogP contribution in [0.4, 0.5) is 17.6 Å². The number of Topliss-reactive ketones (excluding diaryl/α,β-unsaturated/α-hetero) is 1. The van der Waals surface area contributed by atoms with E-state index < -0.39 is 23.3 Å². The molecule has 0 N–H and O–H groups in total. The highest BCUT2D eigenvalue weighted by atomic mass is 79.9. The molecule has 1 aromatic carbocycles. The van der Waals surface area contributed by atoms with E-state index in [0.717, 1.165) is 13.0 Å². The molecule has 1 rings (SSSR count). The Morgan fingerprint density at radius 3 is 2.27 bits per heavy atom. The number of carbonyl (C=O) groups is 1. The zero-order chi connectivity index (χ0) is 11.8. The highest BCUT2D eigenvalue weighted by Crippen LogP contribution is 2.35. The highest BCUT2D eigenvalue weighted by Gasteiger charge is 2.35. The molecule has 0 bridgehead atoms. The quantitative estimate of drug-likeness (QED) is 0.566. The van der Waals surface area contributed by atoms with E-state index in [1.807, 2.05) is 0 Å². The van der Waals surface area contributed by atoms with Crippen LogP contribution >= 0.6 is 15.9 Å². The van der Waals surface area contributed by atoms with Crippen molar-refractivity contribution >= 4 is 21.7 Å². The molecule has 6 heteroatoms. The first-order valence-electron chi connectivity index (χ1n) is 3.80. The molecule has 0 aromatic heterocycles. The van der Waals surface area contributed by atoms with Gasteiger partial charge in [0, 0.05) is 5.56 Å². The molecule has 0 aliphatic rings. The molecule has 0 radical (unpaired) electrons. The topological polar surface area (TPSA) is 17.1 Å². The van der Waals surface area contributed by atoms with Gasteiger partial charge in [-0.3, -0.25) is 4.79 Å². The second-order valence-corrected chi connectivity index (χ2v) is 3.73. The fraction of sp³-hybridized carbons (Fsp3) is 0.222. The first-order valence-corrected chi connectivity index (χ1v) is 4.60. The molecule has 0 amide bonds. The number of halogens is 5. The van der Waals surface area contributed by atoms with Crippen molar-refractivity contribution in [3.63, 3.8) is 0 Å². The van der Waals surface area contributed by atoms with E-state index in [9.17, 15) is 22.4 Å². The summed E-state index contributed by atoms with van der Waals surface area (Å²) in [6.45, 7) is 1.11. The van der Waals surface area contributed by atoms with Crippen LogP contribution in [0.2, 0.25) is 0 Å². The summed E-state index contributed by atoms with van der Waals surface area (Å²) in [5, 5.41) is 0. The third kappa shape index (κ3) is 2.56. The average Bonchev–Trinajstić information content (AvgIpc) is 2.06. The Morgan fingerprint density at radius 2 is 1.87 bits per heavy atom. The summed E-state index contributed by atoms with van der Waals surface area (Å²) in [7, 11) is 0. The van der Waals surface area contributed by atoms with Crippen LogP contribution in [0.25, 0.3) is 0 Å². The predicted molar refractivity (Wildman–Crippen MR) is 49.1 cm³/mol. The van der Waals surface area contributed by atoms with Crippen LogP contribution < -0.4 is 0 Å². The highest BCUT2D eigenvalue weighted by molar-refractivity contribution is 9.10. The molecule has 1 nitrogen and oxygen atoms in total. The second-order valence-electron chi connectivity index (χ2n) is 2.87. The molecule has 0 saturated heterocycles. The van der Waals surface area contributed by atoms with Gasteiger partial charge in [0.1, 0.15) is 5.82 Å². The van der Waals surface area contributed by atoms with Crippen molar-refractivity contribution in [1.82, 2.24) is 0 Å². The number of hydrogen-bond donors (Lipinski definition) is 0. The first-order chi connectivity index (χ1) is 6.73. The number of hydrogen-bond acceptors (Lipinski definition) is 1. The lowest BCUT2D eigenvalue weighted by atomic mass is 10.1. The number of ketones is 1. The first kappa shape index (κ1) is 12.2. The van der Waals surface area contributed by atoms with E-state index >= 15 is 0 Å². The zero-order valence-corrected chi connectivity index (χ0v) is 9.04. The molecule has 0 heterocycles. The molecule has 0 saturated carbocycles. The number of carbonyl (C=O) groups excluding carboxylic acids is 1. The molecule has 15 heavy (non-hydrogen) atoms. The van der Waals surface area contributed by atoms with Crippen molar-refractivity contribution in [1.29, 1.82) is 0 Å². The molecule has 0 atom stereocenters. The maximum atomic E-state index is 13.1. The number of benzene rings is 1. The van der Waals surface area contributed by atoms with E-state index in [4.69, 9.17) is 0 Å². The van der Waals surface area contributed by atoms with E-state index in [-0.39, 0.29) is 10.0 Å². The predicted octanol–water partition coefficient (Wildman–Crippen LogP) is 3.81. The number of alkyl halides is 3. The van der Waals surface area contributed by atoms with E-state index in [1.54, 1.807) is 0 Å². The normalized spacial score (nSPS) is 11.6. The molecular weight excluding hydrogens is 280 g/mol. The Labute approximate surface area is 91.2 Å². The van der Waals surface area contributed by atoms with Crippen LogP contribution in [0.3, 0.4) is 0 Å². The van der Waals surface area contributed by atoms with Crippen molar-refractivity contribution in [3.8, 4) is 0 Å². The largest absolute Gasteiger partial charge is 0.419 e. The average molecular weight is 285 g/mol. The lowest BCUT2D eigenvalue weighted by molar-refractivity contribution is -0.140. The summed E-state index contributed by atoms with van der Waals surface area (Å²) >= 11 is 2.63. The molecule has 82 valence electrons. The maximum Gasteiger partial charge on any atom is 0.419 e. The van der Waals surface area contributed by atoms with Crippen molar-refractivity contribution in [2.45, 2.75) is 13.1 Å². The van der Waals surface area contributed by atoms with Crippen LogP contribution in [0.5, 0.6) is 0 Å². The van der Waals surface area contributed by atoms with Gasteiger partial charge in [-0.05, 0) is 35.0 Å². The second kappa shape index (κ2) is 3.92. The molecular formula is C9H5BrF4O. The molecule has 0 aliphatic carbocycles. The van der Waals surface area contributed by atoms with E-state index in [0.29, 0.717) is 6.07 Å². The third-order valence-corrected chi connectivity index (χ3v) is 2.32. The van der Waals surface area contributed by atoms with Crippen LogP contribution in [-0.4, -0.2) is 5.78 Å². The summed E-state index contributed by atoms with van der Waals surface area (Å²) in [5.74, 6) is -1.96. The summed E-state index contributed by atoms with van der Waals surface area (Å²) in [4.78, 5) is 10.9. The van der Waals surface area contributed by atoms with Gasteiger partial charge < -0.3 is 0 Å². The summed E-state index contributed by atoms with van der Waals surface area (Å²) in [6, 6.07) is 1.52. The van der Waals surface area contributed by atoms with Crippen LogP contribution in [0.15, 0.2) is 16.6 Å². The lowest BCUT2D eigenvalue weighted by Crippen LogP contribution is -2.10. The van der Waals surface area contributed by atoms with Crippen molar-refractivity contribution in [2.75, 3.05) is 0 Å². The minimum atomic E-state index is -4.81. The molecule has 0 fully saturated rings. The van der Waals surface area contributed by atoms with Gasteiger partial charge in [-0.2, -0.15) is 13.2 Å². The Kier molecular flexibility index (Phi) is 3.18. The Balaban J connectivity index is 3.45. The van der Waals surface area contributed by atoms with Crippen molar-refractivity contribution in [3.05, 3.63) is 33.5 Å². The minimum Gasteiger partial charge on any atom is -0.295 e. The summed E-state index contributed by atoms with van der Waals surface area (Å²) < 4.78 is 49.6. The van der Waals surface area contributed by atoms with E-state index in [1.165, 1.54) is 0 Å². The summed E-state index contributed by atoms with van der Waals surface area (Å²) in [6.07, 6.45) is -4.81. The Hall–Kier alpha value is -0.910. The Bertz CT molecular complexity index is 411. The van der Waals surface area contributed by atoms with Gasteiger partial charge in [-0.1, -0.05) is 0 Å². The standard InChI is InChI=1S/C9H5BrF4O/c1-4(15)5-2-6(9(12,13)14)8(11)7(10)3-5/h2-3H,1H3. The smallest absolute Gasteiger partial charge is 0.295 e. The molecule has 0 unspecified atom stereocenters. The SMILES string of the molecule is CC(=O)c1cc(Br)c(F)c(C(F)(F)F)c1. The number of rotatable bonds is 1. The van der Waals surface area contributed by atoms with Gasteiger partial charge in [0.25, 0.3) is 0 Å². The van der Waals surface area contributed by atoms with Crippen LogP contribution in [0, 0.1) is 5.82 Å². The molecule has 0 spiro atoms. The van der Waals surface area contributed by atoms with E-state index in [2.05, 4.69) is 15.9 Å². The molecule has 0 aliphatic heterocycles. The third-order valence-electron chi connectivity index (χ3n) is 1.74. The van der Waals surface area contributed by atoms with Gasteiger partial charge in [-0.15, -0.1) is 0 Å². The van der Waals surface area contributed by atoms with Crippen molar-refractivity contribution < 1.29 is 22.4 Å². The monoisotopic (exact) mass is 284 g/mol. The van der Waals surface area contributed by atoms with Gasteiger partial charge >= 0.3 is 6.18 Å². The zero-order valence-electron chi connectivity index (χ0n) is 7.45. The van der Waals surface area contributed by atoms with Crippen LogP contribution in [-0.2, 0) is 6.18 Å². The fourth-order valence-electron chi connectivity index (χ4n) is 0.999. The Morgan fingerprint density at radius 1 is 1.33 bits per heavy atom. The molecule has 1 aromatic rings. The van der Waals surface area contributed by atoms with Crippen molar-refractivity contribution in [2.24, 2.45) is 0 Å². The van der Waals surface area contributed by atoms with Gasteiger partial charge in [0.15, 0.2) is 5.78 Å². The van der Waals surface area contributed by atoms with Gasteiger partial charge in [0.2, 0.25) is 0 Å². The maximum absolute atomic E-state index is 13.1. The van der Waals surface area contributed by atoms with Gasteiger partial charge in [-0.25, -0.2) is 4.39 Å². The van der Waals surface area contributed by atoms with Crippen LogP contribution in [0.1, 0.15) is 22.8 Å². The minimum absolute atomic E-state index is 0.185.